The molecule has 1 rings (SSSR count). The molecule has 16 heavy (non-hydrogen) atoms. The van der Waals surface area contributed by atoms with Crippen LogP contribution in [0.25, 0.3) is 0 Å². The summed E-state index contributed by atoms with van der Waals surface area (Å²) >= 11 is 0. The van der Waals surface area contributed by atoms with Crippen molar-refractivity contribution in [2.45, 2.75) is 19.8 Å². The van der Waals surface area contributed by atoms with Gasteiger partial charge < -0.3 is 9.47 Å². The van der Waals surface area contributed by atoms with Gasteiger partial charge >= 0.3 is 5.97 Å². The van der Waals surface area contributed by atoms with Crippen molar-refractivity contribution in [2.75, 3.05) is 13.7 Å². The molecule has 3 nitrogen and oxygen atoms in total. The Labute approximate surface area is 96.4 Å². The van der Waals surface area contributed by atoms with E-state index in [1.54, 1.807) is 20.5 Å². The van der Waals surface area contributed by atoms with Gasteiger partial charge in [-0.2, -0.15) is 0 Å². The van der Waals surface area contributed by atoms with E-state index >= 15 is 0 Å². The zero-order valence-corrected chi connectivity index (χ0v) is 9.73. The van der Waals surface area contributed by atoms with Crippen LogP contribution in [0.4, 0.5) is 0 Å². The highest BCUT2D eigenvalue weighted by Crippen LogP contribution is 2.13. The zero-order chi connectivity index (χ0) is 11.8. The van der Waals surface area contributed by atoms with Crippen LogP contribution in [0.2, 0.25) is 0 Å². The number of benzene rings is 1. The Morgan fingerprint density at radius 3 is 2.56 bits per heavy atom. The molecule has 1 aromatic carbocycles. The van der Waals surface area contributed by atoms with E-state index in [0.717, 1.165) is 12.2 Å². The molecule has 3 heteroatoms. The van der Waals surface area contributed by atoms with E-state index in [0.29, 0.717) is 13.0 Å². The molecular formula is C13H17O3. The first-order valence-corrected chi connectivity index (χ1v) is 5.39. The van der Waals surface area contributed by atoms with Gasteiger partial charge in [0.25, 0.3) is 0 Å². The largest absolute Gasteiger partial charge is 0.497 e. The van der Waals surface area contributed by atoms with Crippen LogP contribution in [0.3, 0.4) is 0 Å². The van der Waals surface area contributed by atoms with E-state index in [-0.39, 0.29) is 5.97 Å². The Hall–Kier alpha value is -1.51. The molecule has 0 heterocycles. The van der Waals surface area contributed by atoms with Crippen molar-refractivity contribution >= 4 is 5.97 Å². The van der Waals surface area contributed by atoms with Gasteiger partial charge in [0.05, 0.1) is 20.1 Å². The molecule has 1 aromatic rings. The van der Waals surface area contributed by atoms with Gasteiger partial charge in [-0.1, -0.05) is 12.1 Å². The van der Waals surface area contributed by atoms with Crippen LogP contribution in [0, 0.1) is 6.42 Å². The summed E-state index contributed by atoms with van der Waals surface area (Å²) in [6.45, 7) is 2.23. The average Bonchev–Trinajstić information content (AvgIpc) is 2.30. The Morgan fingerprint density at radius 1 is 1.31 bits per heavy atom. The lowest BCUT2D eigenvalue weighted by atomic mass is 10.1. The standard InChI is InChI=1S/C13H17O3/c1-3-16-13(14)6-4-5-11-7-9-12(15-2)10-8-11/h6-10H,3-5H2,1-2H3. The Bertz CT molecular complexity index is 316. The van der Waals surface area contributed by atoms with Crippen molar-refractivity contribution in [3.63, 3.8) is 0 Å². The Morgan fingerprint density at radius 2 is 2.00 bits per heavy atom. The number of carbonyl (C=O) groups excluding carboxylic acids is 1. The summed E-state index contributed by atoms with van der Waals surface area (Å²) in [7, 11) is 1.64. The van der Waals surface area contributed by atoms with Gasteiger partial charge in [0.1, 0.15) is 5.75 Å². The van der Waals surface area contributed by atoms with Gasteiger partial charge in [-0.15, -0.1) is 0 Å². The number of methoxy groups -OCH3 is 1. The van der Waals surface area contributed by atoms with Gasteiger partial charge in [0, 0.05) is 0 Å². The second-order valence-corrected chi connectivity index (χ2v) is 3.34. The molecule has 0 aromatic heterocycles. The van der Waals surface area contributed by atoms with Crippen LogP contribution in [0.5, 0.6) is 5.75 Å². The Balaban J connectivity index is 2.29. The van der Waals surface area contributed by atoms with Gasteiger partial charge in [-0.05, 0) is 37.5 Å². The van der Waals surface area contributed by atoms with Crippen LogP contribution >= 0.6 is 0 Å². The normalized spacial score (nSPS) is 9.88. The molecule has 0 spiro atoms. The summed E-state index contributed by atoms with van der Waals surface area (Å²) in [5, 5.41) is 0. The molecule has 0 aliphatic heterocycles. The lowest BCUT2D eigenvalue weighted by molar-refractivity contribution is -0.139. The summed E-state index contributed by atoms with van der Waals surface area (Å²) in [5.41, 5.74) is 1.18. The zero-order valence-electron chi connectivity index (χ0n) is 9.73. The molecule has 0 atom stereocenters. The highest BCUT2D eigenvalue weighted by Gasteiger charge is 2.02. The summed E-state index contributed by atoms with van der Waals surface area (Å²) in [6, 6.07) is 7.83. The molecule has 1 radical (unpaired) electrons. The second kappa shape index (κ2) is 6.88. The molecule has 0 unspecified atom stereocenters. The van der Waals surface area contributed by atoms with Crippen LogP contribution < -0.4 is 4.74 Å². The number of hydrogen-bond donors (Lipinski definition) is 0. The predicted octanol–water partition coefficient (Wildman–Crippen LogP) is 2.40. The first-order valence-electron chi connectivity index (χ1n) is 5.39. The third-order valence-corrected chi connectivity index (χ3v) is 2.19. The third-order valence-electron chi connectivity index (χ3n) is 2.19. The molecular weight excluding hydrogens is 204 g/mol. The number of rotatable bonds is 6. The van der Waals surface area contributed by atoms with Crippen molar-refractivity contribution in [3.05, 3.63) is 36.2 Å². The van der Waals surface area contributed by atoms with Crippen molar-refractivity contribution < 1.29 is 14.3 Å². The first-order chi connectivity index (χ1) is 7.76. The number of aryl methyl sites for hydroxylation is 1. The summed E-state index contributed by atoms with van der Waals surface area (Å²) in [5.74, 6) is 0.606. The van der Waals surface area contributed by atoms with Crippen molar-refractivity contribution in [1.29, 1.82) is 0 Å². The minimum atomic E-state index is -0.240. The summed E-state index contributed by atoms with van der Waals surface area (Å²) < 4.78 is 9.86. The molecule has 87 valence electrons. The molecule has 0 bridgehead atoms. The maximum Gasteiger partial charge on any atom is 0.309 e. The second-order valence-electron chi connectivity index (χ2n) is 3.34. The fourth-order valence-electron chi connectivity index (χ4n) is 1.35. The average molecular weight is 221 g/mol. The highest BCUT2D eigenvalue weighted by molar-refractivity contribution is 5.78. The first kappa shape index (κ1) is 12.6. The summed E-state index contributed by atoms with van der Waals surface area (Å²) in [4.78, 5) is 11.0. The smallest absolute Gasteiger partial charge is 0.309 e. The van der Waals surface area contributed by atoms with Crippen molar-refractivity contribution in [2.24, 2.45) is 0 Å². The number of hydrogen-bond acceptors (Lipinski definition) is 3. The minimum Gasteiger partial charge on any atom is -0.497 e. The third kappa shape index (κ3) is 4.34. The van der Waals surface area contributed by atoms with Crippen molar-refractivity contribution in [3.8, 4) is 5.75 Å². The van der Waals surface area contributed by atoms with Gasteiger partial charge in [-0.25, -0.2) is 0 Å². The van der Waals surface area contributed by atoms with Gasteiger partial charge in [0.15, 0.2) is 0 Å². The topological polar surface area (TPSA) is 35.5 Å². The SMILES string of the molecule is CCOC(=O)[CH]CCc1ccc(OC)cc1. The predicted molar refractivity (Wildman–Crippen MR) is 62.2 cm³/mol. The van der Waals surface area contributed by atoms with E-state index in [9.17, 15) is 4.79 Å². The van der Waals surface area contributed by atoms with E-state index in [4.69, 9.17) is 9.47 Å². The van der Waals surface area contributed by atoms with E-state index in [2.05, 4.69) is 0 Å². The molecule has 0 aliphatic carbocycles. The molecule has 0 aliphatic rings. The summed E-state index contributed by atoms with van der Waals surface area (Å²) in [6.07, 6.45) is 3.11. The van der Waals surface area contributed by atoms with Gasteiger partial charge in [0.2, 0.25) is 0 Å². The fraction of sp³-hybridized carbons (Fsp3) is 0.385. The maximum atomic E-state index is 11.0. The van der Waals surface area contributed by atoms with Crippen LogP contribution in [0.15, 0.2) is 24.3 Å². The van der Waals surface area contributed by atoms with E-state index in [1.807, 2.05) is 24.3 Å². The maximum absolute atomic E-state index is 11.0. The lowest BCUT2D eigenvalue weighted by Crippen LogP contribution is -2.04. The monoisotopic (exact) mass is 221 g/mol. The molecule has 0 saturated heterocycles. The van der Waals surface area contributed by atoms with E-state index < -0.39 is 0 Å². The molecule has 0 N–H and O–H groups in total. The van der Waals surface area contributed by atoms with Crippen LogP contribution in [-0.4, -0.2) is 19.7 Å². The quantitative estimate of drug-likeness (QED) is 0.692. The van der Waals surface area contributed by atoms with Crippen molar-refractivity contribution in [1.82, 2.24) is 0 Å². The fourth-order valence-corrected chi connectivity index (χ4v) is 1.35. The number of ether oxygens (including phenoxy) is 2. The molecule has 0 saturated carbocycles. The number of esters is 1. The lowest BCUT2D eigenvalue weighted by Gasteiger charge is -2.03. The molecule has 0 fully saturated rings. The number of carbonyl (C=O) groups is 1. The van der Waals surface area contributed by atoms with Crippen LogP contribution in [-0.2, 0) is 16.0 Å². The molecule has 0 amide bonds. The highest BCUT2D eigenvalue weighted by atomic mass is 16.5. The van der Waals surface area contributed by atoms with Gasteiger partial charge in [-0.3, -0.25) is 4.79 Å². The van der Waals surface area contributed by atoms with Crippen LogP contribution in [0.1, 0.15) is 18.9 Å². The minimum absolute atomic E-state index is 0.240. The van der Waals surface area contributed by atoms with E-state index in [1.165, 1.54) is 5.56 Å². The Kier molecular flexibility index (Phi) is 5.40.